The number of nitrogens with one attached hydrogen (secondary N) is 1. The van der Waals surface area contributed by atoms with Crippen molar-refractivity contribution in [2.75, 3.05) is 43.0 Å². The number of carbonyl (C=O) groups excluding carboxylic acids is 2. The molecule has 3 rings (SSSR count). The molecule has 29 heavy (non-hydrogen) atoms. The summed E-state index contributed by atoms with van der Waals surface area (Å²) in [5.74, 6) is 0.615. The number of rotatable bonds is 6. The summed E-state index contributed by atoms with van der Waals surface area (Å²) in [7, 11) is 0. The molecule has 2 aromatic rings. The Hall–Kier alpha value is -3.09. The van der Waals surface area contributed by atoms with Gasteiger partial charge in [-0.05, 0) is 49.7 Å². The highest BCUT2D eigenvalue weighted by atomic mass is 16.5. The SMILES string of the molecule is CCCCOC(=O)c1ccc(NC(=O)N2CCN(c3cccc(C)n3)CC2)cc1. The molecule has 1 aromatic carbocycles. The van der Waals surface area contributed by atoms with Crippen LogP contribution >= 0.6 is 0 Å². The molecule has 1 aliphatic rings. The Morgan fingerprint density at radius 1 is 1.07 bits per heavy atom. The number of aryl methyl sites for hydroxylation is 1. The van der Waals surface area contributed by atoms with Crippen LogP contribution in [0.5, 0.6) is 0 Å². The molecule has 1 saturated heterocycles. The Bertz CT molecular complexity index is 830. The number of anilines is 2. The second-order valence-electron chi connectivity index (χ2n) is 7.11. The highest BCUT2D eigenvalue weighted by Crippen LogP contribution is 2.16. The zero-order valence-corrected chi connectivity index (χ0v) is 17.1. The molecule has 0 radical (unpaired) electrons. The maximum atomic E-state index is 12.5. The van der Waals surface area contributed by atoms with Gasteiger partial charge in [0.05, 0.1) is 12.2 Å². The molecule has 1 aromatic heterocycles. The predicted molar refractivity (Wildman–Crippen MR) is 113 cm³/mol. The number of hydrogen-bond donors (Lipinski definition) is 1. The fourth-order valence-electron chi connectivity index (χ4n) is 3.13. The average molecular weight is 396 g/mol. The van der Waals surface area contributed by atoms with Gasteiger partial charge in [-0.2, -0.15) is 0 Å². The van der Waals surface area contributed by atoms with Gasteiger partial charge in [0.15, 0.2) is 0 Å². The number of aromatic nitrogens is 1. The Morgan fingerprint density at radius 2 is 1.79 bits per heavy atom. The van der Waals surface area contributed by atoms with Crippen LogP contribution in [0.2, 0.25) is 0 Å². The third kappa shape index (κ3) is 5.70. The summed E-state index contributed by atoms with van der Waals surface area (Å²) in [4.78, 5) is 33.0. The van der Waals surface area contributed by atoms with Crippen molar-refractivity contribution in [2.24, 2.45) is 0 Å². The molecule has 0 saturated carbocycles. The lowest BCUT2D eigenvalue weighted by Gasteiger charge is -2.35. The van der Waals surface area contributed by atoms with E-state index in [1.165, 1.54) is 0 Å². The van der Waals surface area contributed by atoms with E-state index < -0.39 is 0 Å². The monoisotopic (exact) mass is 396 g/mol. The minimum Gasteiger partial charge on any atom is -0.462 e. The minimum absolute atomic E-state index is 0.139. The summed E-state index contributed by atoms with van der Waals surface area (Å²) in [6.07, 6.45) is 1.83. The number of amides is 2. The molecule has 7 nitrogen and oxygen atoms in total. The zero-order chi connectivity index (χ0) is 20.6. The minimum atomic E-state index is -0.336. The van der Waals surface area contributed by atoms with Gasteiger partial charge in [0.1, 0.15) is 5.82 Å². The number of carbonyl (C=O) groups is 2. The number of pyridine rings is 1. The Labute approximate surface area is 171 Å². The van der Waals surface area contributed by atoms with Crippen molar-refractivity contribution in [1.82, 2.24) is 9.88 Å². The third-order valence-corrected chi connectivity index (χ3v) is 4.87. The van der Waals surface area contributed by atoms with E-state index in [4.69, 9.17) is 4.74 Å². The van der Waals surface area contributed by atoms with E-state index in [0.29, 0.717) is 30.9 Å². The number of hydrogen-bond acceptors (Lipinski definition) is 5. The van der Waals surface area contributed by atoms with Crippen LogP contribution in [0.1, 0.15) is 35.8 Å². The van der Waals surface area contributed by atoms with Crippen LogP contribution in [0.25, 0.3) is 0 Å². The van der Waals surface area contributed by atoms with Crippen LogP contribution < -0.4 is 10.2 Å². The number of benzene rings is 1. The predicted octanol–water partition coefficient (Wildman–Crippen LogP) is 3.70. The molecule has 7 heteroatoms. The molecule has 0 atom stereocenters. The summed E-state index contributed by atoms with van der Waals surface area (Å²) < 4.78 is 5.19. The smallest absolute Gasteiger partial charge is 0.338 e. The van der Waals surface area contributed by atoms with Gasteiger partial charge in [-0.3, -0.25) is 0 Å². The molecule has 2 amide bonds. The summed E-state index contributed by atoms with van der Waals surface area (Å²) >= 11 is 0. The molecule has 0 aliphatic carbocycles. The van der Waals surface area contributed by atoms with E-state index in [1.807, 2.05) is 32.0 Å². The lowest BCUT2D eigenvalue weighted by atomic mass is 10.2. The standard InChI is InChI=1S/C22H28N4O3/c1-3-4-16-29-21(27)18-8-10-19(11-9-18)24-22(28)26-14-12-25(13-15-26)20-7-5-6-17(2)23-20/h5-11H,3-4,12-16H2,1-2H3,(H,24,28). The van der Waals surface area contributed by atoms with E-state index >= 15 is 0 Å². The molecule has 1 aliphatic heterocycles. The van der Waals surface area contributed by atoms with E-state index in [0.717, 1.165) is 37.4 Å². The summed E-state index contributed by atoms with van der Waals surface area (Å²) in [5, 5.41) is 2.89. The molecule has 0 bridgehead atoms. The van der Waals surface area contributed by atoms with Crippen LogP contribution in [0.4, 0.5) is 16.3 Å². The highest BCUT2D eigenvalue weighted by Gasteiger charge is 2.22. The van der Waals surface area contributed by atoms with Gasteiger partial charge in [0.25, 0.3) is 0 Å². The van der Waals surface area contributed by atoms with E-state index in [2.05, 4.69) is 15.2 Å². The van der Waals surface area contributed by atoms with Crippen LogP contribution in [0, 0.1) is 6.92 Å². The second kappa shape index (κ2) is 9.91. The van der Waals surface area contributed by atoms with Gasteiger partial charge >= 0.3 is 12.0 Å². The van der Waals surface area contributed by atoms with Crippen LogP contribution in [-0.4, -0.2) is 54.7 Å². The lowest BCUT2D eigenvalue weighted by molar-refractivity contribution is 0.0500. The number of nitrogens with zero attached hydrogens (tertiary/aromatic N) is 3. The van der Waals surface area contributed by atoms with Crippen LogP contribution in [0.3, 0.4) is 0 Å². The number of piperazine rings is 1. The maximum Gasteiger partial charge on any atom is 0.338 e. The first-order valence-electron chi connectivity index (χ1n) is 10.1. The third-order valence-electron chi connectivity index (χ3n) is 4.87. The first kappa shape index (κ1) is 20.6. The fraction of sp³-hybridized carbons (Fsp3) is 0.409. The quantitative estimate of drug-likeness (QED) is 0.595. The number of urea groups is 1. The average Bonchev–Trinajstić information content (AvgIpc) is 2.74. The number of ether oxygens (including phenoxy) is 1. The Balaban J connectivity index is 1.49. The van der Waals surface area contributed by atoms with Crippen molar-refractivity contribution in [3.63, 3.8) is 0 Å². The molecule has 1 fully saturated rings. The molecule has 1 N–H and O–H groups in total. The van der Waals surface area contributed by atoms with Crippen LogP contribution in [0.15, 0.2) is 42.5 Å². The molecular weight excluding hydrogens is 368 g/mol. The van der Waals surface area contributed by atoms with E-state index in [9.17, 15) is 9.59 Å². The van der Waals surface area contributed by atoms with Crippen molar-refractivity contribution >= 4 is 23.5 Å². The van der Waals surface area contributed by atoms with E-state index in [1.54, 1.807) is 29.2 Å². The second-order valence-corrected chi connectivity index (χ2v) is 7.11. The van der Waals surface area contributed by atoms with Gasteiger partial charge in [0.2, 0.25) is 0 Å². The summed E-state index contributed by atoms with van der Waals surface area (Å²) in [6, 6.07) is 12.6. The summed E-state index contributed by atoms with van der Waals surface area (Å²) in [6.45, 7) is 7.19. The molecule has 0 unspecified atom stereocenters. The number of esters is 1. The van der Waals surface area contributed by atoms with Crippen molar-refractivity contribution in [3.8, 4) is 0 Å². The van der Waals surface area contributed by atoms with Crippen molar-refractivity contribution in [2.45, 2.75) is 26.7 Å². The number of unbranched alkanes of at least 4 members (excludes halogenated alkanes) is 1. The van der Waals surface area contributed by atoms with Gasteiger partial charge in [0, 0.05) is 37.6 Å². The first-order valence-corrected chi connectivity index (χ1v) is 10.1. The zero-order valence-electron chi connectivity index (χ0n) is 17.1. The maximum absolute atomic E-state index is 12.5. The van der Waals surface area contributed by atoms with Crippen molar-refractivity contribution in [3.05, 3.63) is 53.7 Å². The largest absolute Gasteiger partial charge is 0.462 e. The van der Waals surface area contributed by atoms with Gasteiger partial charge in [-0.25, -0.2) is 14.6 Å². The van der Waals surface area contributed by atoms with Crippen molar-refractivity contribution in [1.29, 1.82) is 0 Å². The first-order chi connectivity index (χ1) is 14.1. The van der Waals surface area contributed by atoms with Gasteiger partial charge < -0.3 is 19.9 Å². The Morgan fingerprint density at radius 3 is 2.45 bits per heavy atom. The van der Waals surface area contributed by atoms with Gasteiger partial charge in [-0.1, -0.05) is 19.4 Å². The van der Waals surface area contributed by atoms with Crippen LogP contribution in [-0.2, 0) is 4.74 Å². The topological polar surface area (TPSA) is 74.8 Å². The molecular formula is C22H28N4O3. The Kier molecular flexibility index (Phi) is 7.05. The molecule has 154 valence electrons. The van der Waals surface area contributed by atoms with E-state index in [-0.39, 0.29) is 12.0 Å². The molecule has 0 spiro atoms. The summed E-state index contributed by atoms with van der Waals surface area (Å²) in [5.41, 5.74) is 2.13. The normalized spacial score (nSPS) is 13.9. The lowest BCUT2D eigenvalue weighted by Crippen LogP contribution is -2.50. The van der Waals surface area contributed by atoms with Crippen molar-refractivity contribution < 1.29 is 14.3 Å². The fourth-order valence-corrected chi connectivity index (χ4v) is 3.13. The van der Waals surface area contributed by atoms with Gasteiger partial charge in [-0.15, -0.1) is 0 Å². The molecule has 2 heterocycles. The highest BCUT2D eigenvalue weighted by molar-refractivity contribution is 5.92.